The predicted octanol–water partition coefficient (Wildman–Crippen LogP) is 6.35. The van der Waals surface area contributed by atoms with Crippen molar-refractivity contribution in [3.8, 4) is 0 Å². The number of rotatable bonds is 7. The SMILES string of the molecule is CCCCCCc1ccc(C2=CCC(B3OC(C)(C)C(C)(C)O3)S2)s1. The van der Waals surface area contributed by atoms with Gasteiger partial charge >= 0.3 is 7.12 Å². The van der Waals surface area contributed by atoms with Crippen LogP contribution in [0.1, 0.15) is 76.5 Å². The minimum Gasteiger partial charge on any atom is -0.402 e. The van der Waals surface area contributed by atoms with E-state index in [2.05, 4.69) is 52.8 Å². The van der Waals surface area contributed by atoms with E-state index in [9.17, 15) is 0 Å². The van der Waals surface area contributed by atoms with E-state index in [1.807, 2.05) is 23.1 Å². The van der Waals surface area contributed by atoms with Crippen molar-refractivity contribution in [2.45, 2.75) is 89.5 Å². The second-order valence-electron chi connectivity index (χ2n) is 8.16. The highest BCUT2D eigenvalue weighted by atomic mass is 32.2. The van der Waals surface area contributed by atoms with Crippen molar-refractivity contribution in [1.29, 1.82) is 0 Å². The molecule has 3 rings (SSSR count). The smallest absolute Gasteiger partial charge is 0.402 e. The van der Waals surface area contributed by atoms with E-state index in [1.165, 1.54) is 46.8 Å². The van der Waals surface area contributed by atoms with E-state index in [0.717, 1.165) is 6.42 Å². The van der Waals surface area contributed by atoms with Crippen molar-refractivity contribution in [3.05, 3.63) is 28.0 Å². The van der Waals surface area contributed by atoms with Gasteiger partial charge in [0.25, 0.3) is 0 Å². The van der Waals surface area contributed by atoms with E-state index in [0.29, 0.717) is 5.15 Å². The highest BCUT2D eigenvalue weighted by molar-refractivity contribution is 8.10. The van der Waals surface area contributed by atoms with Gasteiger partial charge in [-0.15, -0.1) is 23.1 Å². The van der Waals surface area contributed by atoms with Crippen LogP contribution >= 0.6 is 23.1 Å². The molecule has 0 radical (unpaired) electrons. The number of aryl methyl sites for hydroxylation is 1. The van der Waals surface area contributed by atoms with E-state index in [1.54, 1.807) is 0 Å². The Bertz CT molecular complexity index is 605. The van der Waals surface area contributed by atoms with Crippen LogP contribution in [0.25, 0.3) is 4.91 Å². The summed E-state index contributed by atoms with van der Waals surface area (Å²) in [6, 6.07) is 4.61. The molecule has 3 heterocycles. The quantitative estimate of drug-likeness (QED) is 0.407. The molecule has 1 aromatic heterocycles. The number of allylic oxidation sites excluding steroid dienone is 1. The Morgan fingerprint density at radius 2 is 1.80 bits per heavy atom. The maximum Gasteiger partial charge on any atom is 0.472 e. The molecule has 0 saturated carbocycles. The zero-order valence-electron chi connectivity index (χ0n) is 16.3. The normalized spacial score (nSPS) is 24.8. The van der Waals surface area contributed by atoms with Crippen molar-refractivity contribution in [2.75, 3.05) is 0 Å². The number of thiophene rings is 1. The molecule has 1 atom stereocenters. The number of unbranched alkanes of at least 4 members (excludes halogenated alkanes) is 3. The summed E-state index contributed by atoms with van der Waals surface area (Å²) in [5.41, 5.74) is -0.481. The summed E-state index contributed by atoms with van der Waals surface area (Å²) in [6.45, 7) is 10.8. The fourth-order valence-corrected chi connectivity index (χ4v) is 5.59. The van der Waals surface area contributed by atoms with Gasteiger partial charge in [-0.1, -0.05) is 32.3 Å². The summed E-state index contributed by atoms with van der Waals surface area (Å²) < 4.78 is 12.5. The van der Waals surface area contributed by atoms with Crippen LogP contribution in [0.15, 0.2) is 18.2 Å². The maximum atomic E-state index is 6.24. The molecule has 2 nitrogen and oxygen atoms in total. The first-order valence-corrected chi connectivity index (χ1v) is 11.3. The van der Waals surface area contributed by atoms with Gasteiger partial charge in [0, 0.05) is 19.8 Å². The fraction of sp³-hybridized carbons (Fsp3) is 0.700. The molecule has 2 aliphatic rings. The molecule has 1 aromatic rings. The Balaban J connectivity index is 1.54. The van der Waals surface area contributed by atoms with Gasteiger partial charge in [-0.05, 0) is 59.1 Å². The van der Waals surface area contributed by atoms with Crippen LogP contribution in [0.2, 0.25) is 0 Å². The lowest BCUT2D eigenvalue weighted by Crippen LogP contribution is -2.41. The largest absolute Gasteiger partial charge is 0.472 e. The monoisotopic (exact) mass is 378 g/mol. The molecule has 0 aliphatic carbocycles. The zero-order valence-corrected chi connectivity index (χ0v) is 17.9. The van der Waals surface area contributed by atoms with Gasteiger partial charge in [0.15, 0.2) is 0 Å². The molecule has 0 N–H and O–H groups in total. The van der Waals surface area contributed by atoms with Crippen molar-refractivity contribution in [3.63, 3.8) is 0 Å². The van der Waals surface area contributed by atoms with Crippen LogP contribution in [0.4, 0.5) is 0 Å². The molecule has 0 aromatic carbocycles. The zero-order chi connectivity index (χ0) is 18.1. The second-order valence-corrected chi connectivity index (χ2v) is 10.6. The van der Waals surface area contributed by atoms with Crippen molar-refractivity contribution < 1.29 is 9.31 Å². The summed E-state index contributed by atoms with van der Waals surface area (Å²) in [5, 5.41) is 0.367. The molecule has 0 spiro atoms. The minimum absolute atomic E-state index is 0.114. The van der Waals surface area contributed by atoms with E-state index in [4.69, 9.17) is 9.31 Å². The molecule has 0 amide bonds. The topological polar surface area (TPSA) is 18.5 Å². The molecule has 1 fully saturated rings. The number of hydrogen-bond acceptors (Lipinski definition) is 4. The van der Waals surface area contributed by atoms with Gasteiger partial charge in [0.2, 0.25) is 0 Å². The first kappa shape index (κ1) is 19.5. The molecule has 1 saturated heterocycles. The van der Waals surface area contributed by atoms with Gasteiger partial charge < -0.3 is 9.31 Å². The summed E-state index contributed by atoms with van der Waals surface area (Å²) in [5.74, 6) is 0. The van der Waals surface area contributed by atoms with Gasteiger partial charge in [0.1, 0.15) is 0 Å². The third kappa shape index (κ3) is 4.37. The Hall–Kier alpha value is -0.225. The lowest BCUT2D eigenvalue weighted by Gasteiger charge is -2.32. The lowest BCUT2D eigenvalue weighted by molar-refractivity contribution is 0.00578. The minimum atomic E-state index is -0.241. The Kier molecular flexibility index (Phi) is 6.09. The molecular formula is C20H31BO2S2. The summed E-state index contributed by atoms with van der Waals surface area (Å²) in [6.07, 6.45) is 9.95. The first-order chi connectivity index (χ1) is 11.8. The average molecular weight is 378 g/mol. The number of hydrogen-bond donors (Lipinski definition) is 0. The Morgan fingerprint density at radius 3 is 2.48 bits per heavy atom. The summed E-state index contributed by atoms with van der Waals surface area (Å²) in [4.78, 5) is 4.34. The molecule has 5 heteroatoms. The molecule has 1 unspecified atom stereocenters. The molecule has 0 bridgehead atoms. The molecule has 2 aliphatic heterocycles. The standard InChI is InChI=1S/C20H31BO2S2/c1-6-7-8-9-10-15-11-12-16(24-15)17-13-14-18(25-17)21-22-19(2,3)20(4,5)23-21/h11-13,18H,6-10,14H2,1-5H3. The third-order valence-electron chi connectivity index (χ3n) is 5.57. The summed E-state index contributed by atoms with van der Waals surface area (Å²) in [7, 11) is -0.114. The second kappa shape index (κ2) is 7.79. The lowest BCUT2D eigenvalue weighted by atomic mass is 9.82. The van der Waals surface area contributed by atoms with Crippen LogP contribution < -0.4 is 0 Å². The number of thioether (sulfide) groups is 1. The van der Waals surface area contributed by atoms with Crippen molar-refractivity contribution >= 4 is 35.1 Å². The average Bonchev–Trinajstić information content (AvgIpc) is 3.22. The van der Waals surface area contributed by atoms with Gasteiger partial charge in [0.05, 0.1) is 11.2 Å². The van der Waals surface area contributed by atoms with Gasteiger partial charge in [-0.2, -0.15) is 0 Å². The molecular weight excluding hydrogens is 347 g/mol. The van der Waals surface area contributed by atoms with E-state index in [-0.39, 0.29) is 18.3 Å². The third-order valence-corrected chi connectivity index (χ3v) is 8.24. The first-order valence-electron chi connectivity index (χ1n) is 9.64. The van der Waals surface area contributed by atoms with Gasteiger partial charge in [-0.25, -0.2) is 0 Å². The molecule has 25 heavy (non-hydrogen) atoms. The van der Waals surface area contributed by atoms with Crippen LogP contribution in [-0.2, 0) is 15.7 Å². The van der Waals surface area contributed by atoms with Gasteiger partial charge in [-0.3, -0.25) is 0 Å². The van der Waals surface area contributed by atoms with E-state index < -0.39 is 0 Å². The van der Waals surface area contributed by atoms with Crippen LogP contribution in [-0.4, -0.2) is 23.5 Å². The molecule has 138 valence electrons. The van der Waals surface area contributed by atoms with Crippen LogP contribution in [0.5, 0.6) is 0 Å². The Morgan fingerprint density at radius 1 is 1.08 bits per heavy atom. The maximum absolute atomic E-state index is 6.24. The highest BCUT2D eigenvalue weighted by Crippen LogP contribution is 2.47. The van der Waals surface area contributed by atoms with Crippen LogP contribution in [0.3, 0.4) is 0 Å². The fourth-order valence-electron chi connectivity index (χ4n) is 3.22. The predicted molar refractivity (Wildman–Crippen MR) is 112 cm³/mol. The highest BCUT2D eigenvalue weighted by Gasteiger charge is 2.54. The summed E-state index contributed by atoms with van der Waals surface area (Å²) >= 11 is 3.89. The van der Waals surface area contributed by atoms with Crippen molar-refractivity contribution in [2.24, 2.45) is 0 Å². The van der Waals surface area contributed by atoms with Crippen LogP contribution in [0, 0.1) is 0 Å². The van der Waals surface area contributed by atoms with E-state index >= 15 is 0 Å². The van der Waals surface area contributed by atoms with Crippen molar-refractivity contribution in [1.82, 2.24) is 0 Å². The Labute approximate surface area is 161 Å².